The molecule has 0 spiro atoms. The first kappa shape index (κ1) is 14.3. The fourth-order valence-corrected chi connectivity index (χ4v) is 2.62. The Hall–Kier alpha value is -1.09. The van der Waals surface area contributed by atoms with E-state index in [1.54, 1.807) is 0 Å². The first-order valence-electron chi connectivity index (χ1n) is 7.45. The summed E-state index contributed by atoms with van der Waals surface area (Å²) in [5, 5.41) is 3.54. The molecule has 0 amide bonds. The van der Waals surface area contributed by atoms with Crippen molar-refractivity contribution in [2.45, 2.75) is 52.0 Å². The SMILES string of the molecule is CCNC1CCN(c2ccc(C(C)(C)C)cn2)CC1. The van der Waals surface area contributed by atoms with Crippen LogP contribution in [0.3, 0.4) is 0 Å². The molecule has 1 N–H and O–H groups in total. The molecule has 3 nitrogen and oxygen atoms in total. The maximum absolute atomic E-state index is 4.65. The molecule has 0 aliphatic carbocycles. The lowest BCUT2D eigenvalue weighted by Crippen LogP contribution is -2.42. The molecule has 1 aromatic rings. The third-order valence-corrected chi connectivity index (χ3v) is 3.93. The van der Waals surface area contributed by atoms with Gasteiger partial charge in [-0.2, -0.15) is 0 Å². The Balaban J connectivity index is 1.97. The number of hydrogen-bond acceptors (Lipinski definition) is 3. The quantitative estimate of drug-likeness (QED) is 0.906. The molecule has 3 heteroatoms. The summed E-state index contributed by atoms with van der Waals surface area (Å²) in [5.41, 5.74) is 1.49. The molecule has 0 saturated carbocycles. The second-order valence-corrected chi connectivity index (χ2v) is 6.47. The van der Waals surface area contributed by atoms with Crippen LogP contribution in [0.2, 0.25) is 0 Å². The molecule has 106 valence electrons. The molecule has 1 aliphatic rings. The Morgan fingerprint density at radius 2 is 1.95 bits per heavy atom. The van der Waals surface area contributed by atoms with Crippen molar-refractivity contribution in [3.8, 4) is 0 Å². The van der Waals surface area contributed by atoms with E-state index in [0.29, 0.717) is 6.04 Å². The Bertz CT molecular complexity index is 383. The van der Waals surface area contributed by atoms with Gasteiger partial charge in [0.1, 0.15) is 5.82 Å². The first-order valence-corrected chi connectivity index (χ1v) is 7.45. The van der Waals surface area contributed by atoms with Crippen molar-refractivity contribution in [1.29, 1.82) is 0 Å². The smallest absolute Gasteiger partial charge is 0.128 e. The zero-order valence-corrected chi connectivity index (χ0v) is 12.7. The number of hydrogen-bond donors (Lipinski definition) is 1. The zero-order valence-electron chi connectivity index (χ0n) is 12.7. The van der Waals surface area contributed by atoms with Gasteiger partial charge >= 0.3 is 0 Å². The van der Waals surface area contributed by atoms with Gasteiger partial charge in [0.05, 0.1) is 0 Å². The molecule has 19 heavy (non-hydrogen) atoms. The summed E-state index contributed by atoms with van der Waals surface area (Å²) in [4.78, 5) is 7.05. The predicted octanol–water partition coefficient (Wildman–Crippen LogP) is 2.96. The molecule has 2 rings (SSSR count). The topological polar surface area (TPSA) is 28.2 Å². The summed E-state index contributed by atoms with van der Waals surface area (Å²) < 4.78 is 0. The summed E-state index contributed by atoms with van der Waals surface area (Å²) >= 11 is 0. The van der Waals surface area contributed by atoms with E-state index >= 15 is 0 Å². The van der Waals surface area contributed by atoms with E-state index in [2.05, 4.69) is 55.0 Å². The van der Waals surface area contributed by atoms with Crippen molar-refractivity contribution in [1.82, 2.24) is 10.3 Å². The minimum absolute atomic E-state index is 0.184. The number of nitrogens with one attached hydrogen (secondary N) is 1. The third-order valence-electron chi connectivity index (χ3n) is 3.93. The number of nitrogens with zero attached hydrogens (tertiary/aromatic N) is 2. The summed E-state index contributed by atoms with van der Waals surface area (Å²) in [6, 6.07) is 5.09. The van der Waals surface area contributed by atoms with Crippen molar-refractivity contribution in [3.63, 3.8) is 0 Å². The standard InChI is InChI=1S/C16H27N3/c1-5-17-14-8-10-19(11-9-14)15-7-6-13(12-18-15)16(2,3)4/h6-7,12,14,17H,5,8-11H2,1-4H3. The molecule has 1 fully saturated rings. The van der Waals surface area contributed by atoms with Gasteiger partial charge in [-0.05, 0) is 36.4 Å². The number of aromatic nitrogens is 1. The van der Waals surface area contributed by atoms with E-state index in [0.717, 1.165) is 25.5 Å². The molecule has 0 atom stereocenters. The second kappa shape index (κ2) is 5.91. The van der Waals surface area contributed by atoms with Crippen LogP contribution in [-0.2, 0) is 5.41 Å². The van der Waals surface area contributed by atoms with Gasteiger partial charge < -0.3 is 10.2 Å². The molecule has 0 unspecified atom stereocenters. The Morgan fingerprint density at radius 1 is 1.26 bits per heavy atom. The summed E-state index contributed by atoms with van der Waals surface area (Å²) in [5.74, 6) is 1.13. The van der Waals surface area contributed by atoms with E-state index in [-0.39, 0.29) is 5.41 Å². The largest absolute Gasteiger partial charge is 0.357 e. The maximum Gasteiger partial charge on any atom is 0.128 e. The van der Waals surface area contributed by atoms with Crippen LogP contribution in [0.15, 0.2) is 18.3 Å². The van der Waals surface area contributed by atoms with Gasteiger partial charge in [0.25, 0.3) is 0 Å². The van der Waals surface area contributed by atoms with Gasteiger partial charge in [0.15, 0.2) is 0 Å². The highest BCUT2D eigenvalue weighted by molar-refractivity contribution is 5.41. The highest BCUT2D eigenvalue weighted by Gasteiger charge is 2.20. The molecule has 1 aliphatic heterocycles. The molecular weight excluding hydrogens is 234 g/mol. The van der Waals surface area contributed by atoms with E-state index in [1.165, 1.54) is 18.4 Å². The van der Waals surface area contributed by atoms with Crippen LogP contribution in [0, 0.1) is 0 Å². The zero-order chi connectivity index (χ0) is 13.9. The van der Waals surface area contributed by atoms with Gasteiger partial charge in [0.2, 0.25) is 0 Å². The fraction of sp³-hybridized carbons (Fsp3) is 0.688. The van der Waals surface area contributed by atoms with Gasteiger partial charge in [-0.15, -0.1) is 0 Å². The summed E-state index contributed by atoms with van der Waals surface area (Å²) in [7, 11) is 0. The highest BCUT2D eigenvalue weighted by Crippen LogP contribution is 2.24. The van der Waals surface area contributed by atoms with Gasteiger partial charge in [0, 0.05) is 25.3 Å². The van der Waals surface area contributed by atoms with Gasteiger partial charge in [-0.25, -0.2) is 4.98 Å². The van der Waals surface area contributed by atoms with Crippen molar-refractivity contribution >= 4 is 5.82 Å². The molecule has 2 heterocycles. The Kier molecular flexibility index (Phi) is 4.46. The van der Waals surface area contributed by atoms with Crippen molar-refractivity contribution < 1.29 is 0 Å². The van der Waals surface area contributed by atoms with Crippen LogP contribution in [0.5, 0.6) is 0 Å². The summed E-state index contributed by atoms with van der Waals surface area (Å²) in [6.45, 7) is 12.2. The third kappa shape index (κ3) is 3.69. The van der Waals surface area contributed by atoms with Crippen LogP contribution in [-0.4, -0.2) is 30.7 Å². The van der Waals surface area contributed by atoms with Crippen LogP contribution >= 0.6 is 0 Å². The Labute approximate surface area is 117 Å². The molecule has 0 bridgehead atoms. The fourth-order valence-electron chi connectivity index (χ4n) is 2.62. The monoisotopic (exact) mass is 261 g/mol. The van der Waals surface area contributed by atoms with Crippen LogP contribution < -0.4 is 10.2 Å². The lowest BCUT2D eigenvalue weighted by atomic mass is 9.88. The minimum atomic E-state index is 0.184. The molecule has 0 radical (unpaired) electrons. The van der Waals surface area contributed by atoms with Crippen LogP contribution in [0.25, 0.3) is 0 Å². The van der Waals surface area contributed by atoms with E-state index in [9.17, 15) is 0 Å². The molecule has 0 aromatic carbocycles. The molecule has 1 aromatic heterocycles. The average Bonchev–Trinajstić information content (AvgIpc) is 2.39. The Morgan fingerprint density at radius 3 is 2.42 bits per heavy atom. The van der Waals surface area contributed by atoms with Crippen molar-refractivity contribution in [2.24, 2.45) is 0 Å². The highest BCUT2D eigenvalue weighted by atomic mass is 15.2. The average molecular weight is 261 g/mol. The number of rotatable bonds is 3. The lowest BCUT2D eigenvalue weighted by molar-refractivity contribution is 0.422. The van der Waals surface area contributed by atoms with Crippen LogP contribution in [0.4, 0.5) is 5.82 Å². The van der Waals surface area contributed by atoms with Crippen LogP contribution in [0.1, 0.15) is 46.1 Å². The number of pyridine rings is 1. The lowest BCUT2D eigenvalue weighted by Gasteiger charge is -2.33. The van der Waals surface area contributed by atoms with Gasteiger partial charge in [-0.1, -0.05) is 33.8 Å². The maximum atomic E-state index is 4.65. The van der Waals surface area contributed by atoms with Gasteiger partial charge in [-0.3, -0.25) is 0 Å². The molecule has 1 saturated heterocycles. The first-order chi connectivity index (χ1) is 9.00. The predicted molar refractivity (Wildman–Crippen MR) is 81.8 cm³/mol. The summed E-state index contributed by atoms with van der Waals surface area (Å²) in [6.07, 6.45) is 4.47. The van der Waals surface area contributed by atoms with E-state index in [4.69, 9.17) is 0 Å². The van der Waals surface area contributed by atoms with E-state index in [1.807, 2.05) is 6.20 Å². The van der Waals surface area contributed by atoms with Crippen molar-refractivity contribution in [2.75, 3.05) is 24.5 Å². The minimum Gasteiger partial charge on any atom is -0.357 e. The number of piperidine rings is 1. The second-order valence-electron chi connectivity index (χ2n) is 6.47. The van der Waals surface area contributed by atoms with E-state index < -0.39 is 0 Å². The van der Waals surface area contributed by atoms with Crippen molar-refractivity contribution in [3.05, 3.63) is 23.9 Å². The normalized spacial score (nSPS) is 17.8. The molecular formula is C16H27N3. The number of anilines is 1.